The van der Waals surface area contributed by atoms with Gasteiger partial charge in [-0.25, -0.2) is 9.97 Å². The van der Waals surface area contributed by atoms with Gasteiger partial charge in [0.2, 0.25) is 0 Å². The maximum atomic E-state index is 12.6. The second-order valence-corrected chi connectivity index (χ2v) is 9.01. The second kappa shape index (κ2) is 9.13. The van der Waals surface area contributed by atoms with Crippen molar-refractivity contribution >= 4 is 28.7 Å². The summed E-state index contributed by atoms with van der Waals surface area (Å²) in [5, 5.41) is 16.5. The Morgan fingerprint density at radius 2 is 1.67 bits per heavy atom. The van der Waals surface area contributed by atoms with Gasteiger partial charge in [-0.3, -0.25) is 4.79 Å². The van der Waals surface area contributed by atoms with Crippen LogP contribution >= 0.6 is 11.3 Å². The molecule has 2 aromatic heterocycles. The largest absolute Gasteiger partial charge is 0.385 e. The van der Waals surface area contributed by atoms with E-state index in [1.165, 1.54) is 11.3 Å². The van der Waals surface area contributed by atoms with Crippen LogP contribution in [0.25, 0.3) is 10.6 Å². The third kappa shape index (κ3) is 4.65. The summed E-state index contributed by atoms with van der Waals surface area (Å²) in [5.41, 5.74) is 2.18. The summed E-state index contributed by atoms with van der Waals surface area (Å²) in [7, 11) is 0. The molecule has 0 radical (unpaired) electrons. The fourth-order valence-corrected chi connectivity index (χ4v) is 4.88. The van der Waals surface area contributed by atoms with Gasteiger partial charge in [0.15, 0.2) is 0 Å². The van der Waals surface area contributed by atoms with E-state index in [4.69, 9.17) is 0 Å². The summed E-state index contributed by atoms with van der Waals surface area (Å²) in [6.45, 7) is 1.43. The summed E-state index contributed by atoms with van der Waals surface area (Å²) >= 11 is 1.45. The van der Waals surface area contributed by atoms with Crippen LogP contribution in [0.1, 0.15) is 28.9 Å². The maximum absolute atomic E-state index is 12.6. The first kappa shape index (κ1) is 21.3. The normalized spacial score (nSPS) is 15.2. The van der Waals surface area contributed by atoms with Crippen LogP contribution in [0.15, 0.2) is 84.4 Å². The average molecular weight is 457 g/mol. The molecule has 0 bridgehead atoms. The molecule has 1 amide bonds. The molecule has 6 nitrogen and oxygen atoms in total. The van der Waals surface area contributed by atoms with Crippen molar-refractivity contribution in [2.45, 2.75) is 18.4 Å². The predicted molar refractivity (Wildman–Crippen MR) is 132 cm³/mol. The van der Waals surface area contributed by atoms with Crippen LogP contribution in [-0.4, -0.2) is 34.1 Å². The highest BCUT2D eigenvalue weighted by Crippen LogP contribution is 2.34. The van der Waals surface area contributed by atoms with Gasteiger partial charge in [0.05, 0.1) is 17.5 Å². The number of hydrogen-bond acceptors (Lipinski definition) is 6. The number of benzene rings is 2. The van der Waals surface area contributed by atoms with Gasteiger partial charge in [-0.2, -0.15) is 0 Å². The standard InChI is InChI=1S/C26H24N4O2S/c31-24(22-18-33-25(29-22)19-7-3-1-4-8-19)28-21-11-12-23(27-17-21)30-15-13-26(32,14-16-30)20-9-5-2-6-10-20/h1-12,17-18,32H,13-16H2,(H,28,31). The van der Waals surface area contributed by atoms with Gasteiger partial charge in [0.25, 0.3) is 5.91 Å². The van der Waals surface area contributed by atoms with Crippen LogP contribution in [0.4, 0.5) is 11.5 Å². The van der Waals surface area contributed by atoms with E-state index < -0.39 is 5.60 Å². The van der Waals surface area contributed by atoms with E-state index in [9.17, 15) is 9.90 Å². The molecule has 0 atom stereocenters. The molecule has 7 heteroatoms. The Labute approximate surface area is 196 Å². The number of piperidine rings is 1. The number of amides is 1. The molecule has 0 saturated carbocycles. The van der Waals surface area contributed by atoms with Gasteiger partial charge in [0.1, 0.15) is 16.5 Å². The smallest absolute Gasteiger partial charge is 0.275 e. The Balaban J connectivity index is 1.20. The summed E-state index contributed by atoms with van der Waals surface area (Å²) in [4.78, 5) is 23.8. The van der Waals surface area contributed by atoms with Gasteiger partial charge in [-0.1, -0.05) is 60.7 Å². The number of rotatable bonds is 5. The molecule has 4 aromatic rings. The minimum absolute atomic E-state index is 0.256. The lowest BCUT2D eigenvalue weighted by Gasteiger charge is -2.39. The third-order valence-corrected chi connectivity index (χ3v) is 6.88. The number of anilines is 2. The first-order valence-electron chi connectivity index (χ1n) is 10.9. The number of nitrogens with one attached hydrogen (secondary N) is 1. The van der Waals surface area contributed by atoms with Gasteiger partial charge in [0, 0.05) is 24.0 Å². The molecule has 2 N–H and O–H groups in total. The average Bonchev–Trinajstić information content (AvgIpc) is 3.37. The van der Waals surface area contributed by atoms with Gasteiger partial charge >= 0.3 is 0 Å². The maximum Gasteiger partial charge on any atom is 0.275 e. The lowest BCUT2D eigenvalue weighted by Crippen LogP contribution is -2.42. The Kier molecular flexibility index (Phi) is 5.90. The highest BCUT2D eigenvalue weighted by atomic mass is 32.1. The zero-order valence-corrected chi connectivity index (χ0v) is 18.8. The van der Waals surface area contributed by atoms with Crippen molar-refractivity contribution in [1.29, 1.82) is 0 Å². The minimum Gasteiger partial charge on any atom is -0.385 e. The molecule has 166 valence electrons. The first-order chi connectivity index (χ1) is 16.1. The van der Waals surface area contributed by atoms with Crippen LogP contribution in [0, 0.1) is 0 Å². The monoisotopic (exact) mass is 456 g/mol. The molecule has 0 aliphatic carbocycles. The fraction of sp³-hybridized carbons (Fsp3) is 0.192. The minimum atomic E-state index is -0.794. The van der Waals surface area contributed by atoms with Crippen molar-refractivity contribution in [3.05, 3.63) is 95.6 Å². The van der Waals surface area contributed by atoms with Crippen LogP contribution in [0.5, 0.6) is 0 Å². The van der Waals surface area contributed by atoms with E-state index in [1.807, 2.05) is 72.8 Å². The molecule has 0 spiro atoms. The fourth-order valence-electron chi connectivity index (χ4n) is 4.08. The number of hydrogen-bond donors (Lipinski definition) is 2. The van der Waals surface area contributed by atoms with E-state index in [1.54, 1.807) is 11.6 Å². The number of pyridine rings is 1. The van der Waals surface area contributed by atoms with E-state index in [0.717, 1.165) is 22.0 Å². The Morgan fingerprint density at radius 1 is 0.970 bits per heavy atom. The van der Waals surface area contributed by atoms with E-state index in [2.05, 4.69) is 20.2 Å². The SMILES string of the molecule is O=C(Nc1ccc(N2CCC(O)(c3ccccc3)CC2)nc1)c1csc(-c2ccccc2)n1. The van der Waals surface area contributed by atoms with Crippen LogP contribution in [0.3, 0.4) is 0 Å². The summed E-state index contributed by atoms with van der Waals surface area (Å²) in [6.07, 6.45) is 2.95. The zero-order chi connectivity index (χ0) is 22.7. The predicted octanol–water partition coefficient (Wildman–Crippen LogP) is 4.95. The second-order valence-electron chi connectivity index (χ2n) is 8.15. The van der Waals surface area contributed by atoms with Gasteiger partial charge in [-0.15, -0.1) is 11.3 Å². The summed E-state index contributed by atoms with van der Waals surface area (Å²) < 4.78 is 0. The Bertz CT molecular complexity index is 1220. The van der Waals surface area contributed by atoms with E-state index in [-0.39, 0.29) is 5.91 Å². The third-order valence-electron chi connectivity index (χ3n) is 5.99. The number of carbonyl (C=O) groups is 1. The van der Waals surface area contributed by atoms with E-state index >= 15 is 0 Å². The lowest BCUT2D eigenvalue weighted by atomic mass is 9.84. The van der Waals surface area contributed by atoms with Gasteiger partial charge in [-0.05, 0) is 30.5 Å². The first-order valence-corrected chi connectivity index (χ1v) is 11.8. The van der Waals surface area contributed by atoms with E-state index in [0.29, 0.717) is 37.3 Å². The van der Waals surface area contributed by atoms with Crippen LogP contribution in [0.2, 0.25) is 0 Å². The molecule has 3 heterocycles. The van der Waals surface area contributed by atoms with Crippen molar-refractivity contribution in [3.63, 3.8) is 0 Å². The lowest BCUT2D eigenvalue weighted by molar-refractivity contribution is 0.0116. The quantitative estimate of drug-likeness (QED) is 0.445. The zero-order valence-electron chi connectivity index (χ0n) is 18.0. The van der Waals surface area contributed by atoms with Crippen molar-refractivity contribution in [3.8, 4) is 10.6 Å². The van der Waals surface area contributed by atoms with Crippen molar-refractivity contribution in [2.24, 2.45) is 0 Å². The topological polar surface area (TPSA) is 78.4 Å². The van der Waals surface area contributed by atoms with Crippen molar-refractivity contribution < 1.29 is 9.90 Å². The highest BCUT2D eigenvalue weighted by molar-refractivity contribution is 7.13. The van der Waals surface area contributed by atoms with Crippen LogP contribution < -0.4 is 10.2 Å². The van der Waals surface area contributed by atoms with Crippen molar-refractivity contribution in [1.82, 2.24) is 9.97 Å². The molecule has 2 aromatic carbocycles. The number of nitrogens with zero attached hydrogens (tertiary/aromatic N) is 3. The van der Waals surface area contributed by atoms with Crippen molar-refractivity contribution in [2.75, 3.05) is 23.3 Å². The Morgan fingerprint density at radius 3 is 2.33 bits per heavy atom. The molecule has 0 unspecified atom stereocenters. The van der Waals surface area contributed by atoms with Crippen LogP contribution in [-0.2, 0) is 5.60 Å². The molecule has 1 aliphatic rings. The Hall–Kier alpha value is -3.55. The molecule has 1 aliphatic heterocycles. The summed E-state index contributed by atoms with van der Waals surface area (Å²) in [5.74, 6) is 0.581. The number of carbonyl (C=O) groups excluding carboxylic acids is 1. The molecular formula is C26H24N4O2S. The highest BCUT2D eigenvalue weighted by Gasteiger charge is 2.34. The molecule has 33 heavy (non-hydrogen) atoms. The number of aliphatic hydroxyl groups is 1. The molecule has 1 fully saturated rings. The van der Waals surface area contributed by atoms with Gasteiger partial charge < -0.3 is 15.3 Å². The number of aromatic nitrogens is 2. The number of thiazole rings is 1. The molecule has 5 rings (SSSR count). The summed E-state index contributed by atoms with van der Waals surface area (Å²) in [6, 6.07) is 23.4. The molecular weight excluding hydrogens is 432 g/mol. The molecule has 1 saturated heterocycles.